The molecule has 1 unspecified atom stereocenters. The van der Waals surface area contributed by atoms with Crippen molar-refractivity contribution in [2.75, 3.05) is 12.4 Å². The van der Waals surface area contributed by atoms with Crippen LogP contribution in [0, 0.1) is 5.82 Å². The van der Waals surface area contributed by atoms with Gasteiger partial charge in [-0.3, -0.25) is 9.59 Å². The van der Waals surface area contributed by atoms with Crippen molar-refractivity contribution in [3.8, 4) is 0 Å². The number of hydrogen-bond acceptors (Lipinski definition) is 4. The molecular weight excluding hydrogens is 485 g/mol. The first-order chi connectivity index (χ1) is 18.0. The number of aromatic nitrogens is 1. The second-order valence-corrected chi connectivity index (χ2v) is 9.38. The first-order valence-electron chi connectivity index (χ1n) is 11.9. The Morgan fingerprint density at radius 1 is 0.946 bits per heavy atom. The fourth-order valence-corrected chi connectivity index (χ4v) is 4.24. The third kappa shape index (κ3) is 9.20. The van der Waals surface area contributed by atoms with E-state index in [0.717, 1.165) is 17.2 Å². The Labute approximate surface area is 221 Å². The highest BCUT2D eigenvalue weighted by molar-refractivity contribution is 7.98. The van der Waals surface area contributed by atoms with E-state index >= 15 is 0 Å². The molecule has 37 heavy (non-hydrogen) atoms. The van der Waals surface area contributed by atoms with Gasteiger partial charge in [-0.15, -0.1) is 11.8 Å². The summed E-state index contributed by atoms with van der Waals surface area (Å²) >= 11 is 1.67. The molecule has 5 nitrogen and oxygen atoms in total. The number of carbonyl (C=O) groups excluding carboxylic acids is 2. The Morgan fingerprint density at radius 3 is 2.14 bits per heavy atom. The maximum atomic E-state index is 12.9. The van der Waals surface area contributed by atoms with Gasteiger partial charge in [0.1, 0.15) is 5.82 Å². The average molecular weight is 516 g/mol. The molecule has 4 rings (SSSR count). The standard InChI is InChI=1S/C17H18FNO.C13H12N2OS/c1-13(12-14-6-4-3-5-7-14)19(2)17(20)15-8-10-16(18)11-9-15;16-10-15-12-6-7-13(14-8-12)17-9-11-4-2-1-3-5-11/h3-11,13H,12H2,1-2H3;1-8,10H,9H2,(H,15,16). The second kappa shape index (κ2) is 14.6. The van der Waals surface area contributed by atoms with Crippen LogP contribution in [0.1, 0.15) is 28.4 Å². The number of nitrogens with one attached hydrogen (secondary N) is 1. The zero-order chi connectivity index (χ0) is 26.5. The molecule has 3 aromatic carbocycles. The third-order valence-corrected chi connectivity index (χ3v) is 6.65. The van der Waals surface area contributed by atoms with Crippen molar-refractivity contribution in [2.45, 2.75) is 30.2 Å². The van der Waals surface area contributed by atoms with Gasteiger partial charge in [-0.2, -0.15) is 0 Å². The zero-order valence-corrected chi connectivity index (χ0v) is 21.7. The van der Waals surface area contributed by atoms with E-state index in [1.165, 1.54) is 35.4 Å². The van der Waals surface area contributed by atoms with Crippen LogP contribution in [0.2, 0.25) is 0 Å². The summed E-state index contributed by atoms with van der Waals surface area (Å²) in [5.74, 6) is 0.476. The van der Waals surface area contributed by atoms with Crippen LogP contribution in [0.5, 0.6) is 0 Å². The highest BCUT2D eigenvalue weighted by atomic mass is 32.2. The van der Waals surface area contributed by atoms with E-state index in [2.05, 4.69) is 22.4 Å². The molecule has 0 aliphatic carbocycles. The van der Waals surface area contributed by atoms with E-state index in [-0.39, 0.29) is 17.8 Å². The number of hydrogen-bond donors (Lipinski definition) is 1. The Morgan fingerprint density at radius 2 is 1.57 bits per heavy atom. The van der Waals surface area contributed by atoms with Crippen molar-refractivity contribution in [2.24, 2.45) is 0 Å². The van der Waals surface area contributed by atoms with Crippen LogP contribution in [0.25, 0.3) is 0 Å². The maximum absolute atomic E-state index is 12.9. The molecule has 0 aliphatic rings. The van der Waals surface area contributed by atoms with Crippen molar-refractivity contribution in [1.29, 1.82) is 0 Å². The quantitative estimate of drug-likeness (QED) is 0.205. The lowest BCUT2D eigenvalue weighted by Crippen LogP contribution is -2.36. The molecule has 4 aromatic rings. The first kappa shape index (κ1) is 27.6. The lowest BCUT2D eigenvalue weighted by Gasteiger charge is -2.25. The second-order valence-electron chi connectivity index (χ2n) is 8.38. The molecule has 1 atom stereocenters. The highest BCUT2D eigenvalue weighted by Crippen LogP contribution is 2.21. The van der Waals surface area contributed by atoms with E-state index in [1.807, 2.05) is 67.6 Å². The smallest absolute Gasteiger partial charge is 0.253 e. The Kier molecular flexibility index (Phi) is 10.9. The fraction of sp³-hybridized carbons (Fsp3) is 0.167. The van der Waals surface area contributed by atoms with Gasteiger partial charge in [0.05, 0.1) is 16.9 Å². The number of pyridine rings is 1. The molecule has 1 heterocycles. The van der Waals surface area contributed by atoms with Gasteiger partial charge in [0.15, 0.2) is 0 Å². The Hall–Kier alpha value is -3.97. The van der Waals surface area contributed by atoms with Gasteiger partial charge in [-0.25, -0.2) is 9.37 Å². The first-order valence-corrected chi connectivity index (χ1v) is 12.8. The van der Waals surface area contributed by atoms with E-state index in [4.69, 9.17) is 0 Å². The molecule has 0 bridgehead atoms. The van der Waals surface area contributed by atoms with E-state index in [0.29, 0.717) is 17.7 Å². The monoisotopic (exact) mass is 515 g/mol. The van der Waals surface area contributed by atoms with Crippen LogP contribution < -0.4 is 5.32 Å². The van der Waals surface area contributed by atoms with Gasteiger partial charge in [-0.05, 0) is 60.9 Å². The third-order valence-electron chi connectivity index (χ3n) is 5.64. The molecule has 0 fully saturated rings. The summed E-state index contributed by atoms with van der Waals surface area (Å²) in [6, 6.07) is 29.8. The summed E-state index contributed by atoms with van der Waals surface area (Å²) in [5.41, 5.74) is 3.69. The number of nitrogens with zero attached hydrogens (tertiary/aromatic N) is 2. The Bertz CT molecular complexity index is 1240. The number of anilines is 1. The molecule has 190 valence electrons. The highest BCUT2D eigenvalue weighted by Gasteiger charge is 2.17. The summed E-state index contributed by atoms with van der Waals surface area (Å²) < 4.78 is 12.9. The van der Waals surface area contributed by atoms with Crippen LogP contribution >= 0.6 is 11.8 Å². The van der Waals surface area contributed by atoms with Gasteiger partial charge in [-0.1, -0.05) is 60.7 Å². The van der Waals surface area contributed by atoms with Gasteiger partial charge in [0.2, 0.25) is 6.41 Å². The molecule has 1 N–H and O–H groups in total. The number of thioether (sulfide) groups is 1. The van der Waals surface area contributed by atoms with Crippen molar-refractivity contribution < 1.29 is 14.0 Å². The predicted octanol–water partition coefficient (Wildman–Crippen LogP) is 6.47. The van der Waals surface area contributed by atoms with Crippen LogP contribution in [-0.4, -0.2) is 35.3 Å². The molecule has 0 saturated carbocycles. The number of amides is 2. The minimum atomic E-state index is -0.332. The van der Waals surface area contributed by atoms with Gasteiger partial charge >= 0.3 is 0 Å². The molecule has 1 aromatic heterocycles. The Balaban J connectivity index is 0.000000208. The molecule has 0 aliphatic heterocycles. The van der Waals surface area contributed by atoms with E-state index < -0.39 is 0 Å². The largest absolute Gasteiger partial charge is 0.339 e. The minimum Gasteiger partial charge on any atom is -0.339 e. The van der Waals surface area contributed by atoms with Crippen molar-refractivity contribution in [3.05, 3.63) is 126 Å². The molecule has 0 radical (unpaired) electrons. The number of likely N-dealkylation sites (N-methyl/N-ethyl adjacent to an activating group) is 1. The summed E-state index contributed by atoms with van der Waals surface area (Å²) in [6.07, 6.45) is 3.10. The molecule has 0 saturated heterocycles. The molecule has 0 spiro atoms. The summed E-state index contributed by atoms with van der Waals surface area (Å²) in [6.45, 7) is 2.01. The van der Waals surface area contributed by atoms with Crippen LogP contribution in [0.3, 0.4) is 0 Å². The van der Waals surface area contributed by atoms with Crippen LogP contribution in [0.4, 0.5) is 10.1 Å². The lowest BCUT2D eigenvalue weighted by molar-refractivity contribution is -0.105. The van der Waals surface area contributed by atoms with Crippen LogP contribution in [-0.2, 0) is 17.0 Å². The van der Waals surface area contributed by atoms with Crippen molar-refractivity contribution >= 4 is 29.8 Å². The SMILES string of the molecule is CC(Cc1ccccc1)N(C)C(=O)c1ccc(F)cc1.O=CNc1ccc(SCc2ccccc2)nc1. The summed E-state index contributed by atoms with van der Waals surface area (Å²) in [5, 5.41) is 3.51. The number of rotatable bonds is 9. The van der Waals surface area contributed by atoms with Crippen LogP contribution in [0.15, 0.2) is 108 Å². The summed E-state index contributed by atoms with van der Waals surface area (Å²) in [7, 11) is 1.78. The van der Waals surface area contributed by atoms with E-state index in [1.54, 1.807) is 29.9 Å². The average Bonchev–Trinajstić information content (AvgIpc) is 2.94. The van der Waals surface area contributed by atoms with E-state index in [9.17, 15) is 14.0 Å². The topological polar surface area (TPSA) is 62.3 Å². The lowest BCUT2D eigenvalue weighted by atomic mass is 10.1. The fourth-order valence-electron chi connectivity index (χ4n) is 3.44. The van der Waals surface area contributed by atoms with Gasteiger partial charge in [0, 0.05) is 24.4 Å². The minimum absolute atomic E-state index is 0.0787. The van der Waals surface area contributed by atoms with Gasteiger partial charge < -0.3 is 10.2 Å². The van der Waals surface area contributed by atoms with Gasteiger partial charge in [0.25, 0.3) is 5.91 Å². The predicted molar refractivity (Wildman–Crippen MR) is 148 cm³/mol. The number of halogens is 1. The molecule has 2 amide bonds. The molecule has 7 heteroatoms. The maximum Gasteiger partial charge on any atom is 0.253 e. The normalized spacial score (nSPS) is 11.0. The van der Waals surface area contributed by atoms with Crippen molar-refractivity contribution in [3.63, 3.8) is 0 Å². The molecular formula is C30H30FN3O2S. The van der Waals surface area contributed by atoms with Crippen molar-refractivity contribution in [1.82, 2.24) is 9.88 Å². The number of carbonyl (C=O) groups is 2. The zero-order valence-electron chi connectivity index (χ0n) is 20.9. The number of benzene rings is 3. The summed E-state index contributed by atoms with van der Waals surface area (Å²) in [4.78, 5) is 28.5.